The zero-order chi connectivity index (χ0) is 22.5. The van der Waals surface area contributed by atoms with Crippen molar-refractivity contribution < 1.29 is 14.7 Å². The van der Waals surface area contributed by atoms with Gasteiger partial charge < -0.3 is 5.11 Å². The average Bonchev–Trinajstić information content (AvgIpc) is 2.79. The monoisotopic (exact) mass is 417 g/mol. The molecule has 0 aliphatic carbocycles. The van der Waals surface area contributed by atoms with Gasteiger partial charge in [-0.25, -0.2) is 4.79 Å². The smallest absolute Gasteiger partial charge is 0.337 e. The van der Waals surface area contributed by atoms with Gasteiger partial charge in [-0.1, -0.05) is 94.9 Å². The Kier molecular flexibility index (Phi) is 10.6. The first-order valence-electron chi connectivity index (χ1n) is 11.4. The van der Waals surface area contributed by atoms with Gasteiger partial charge in [-0.05, 0) is 36.6 Å². The van der Waals surface area contributed by atoms with Gasteiger partial charge in [0, 0.05) is 23.1 Å². The molecule has 1 atom stereocenters. The van der Waals surface area contributed by atoms with Crippen molar-refractivity contribution >= 4 is 11.8 Å². The number of carbonyl (C=O) groups is 2. The molecule has 1 N–H and O–H groups in total. The van der Waals surface area contributed by atoms with E-state index in [9.17, 15) is 14.7 Å². The summed E-state index contributed by atoms with van der Waals surface area (Å²) in [5, 5.41) is 9.75. The SMILES string of the molecule is CCCCCCC(CC)CCCC(=O)c1cc[c]c(C#Cc2ccccc2)c1C(=O)O. The second-order valence-electron chi connectivity index (χ2n) is 8.00. The van der Waals surface area contributed by atoms with Gasteiger partial charge in [-0.3, -0.25) is 4.79 Å². The largest absolute Gasteiger partial charge is 0.478 e. The van der Waals surface area contributed by atoms with Crippen molar-refractivity contribution in [2.24, 2.45) is 5.92 Å². The van der Waals surface area contributed by atoms with E-state index in [1.54, 1.807) is 12.1 Å². The van der Waals surface area contributed by atoms with Crippen LogP contribution in [0, 0.1) is 23.8 Å². The zero-order valence-corrected chi connectivity index (χ0v) is 18.7. The first-order valence-corrected chi connectivity index (χ1v) is 11.4. The number of hydrogen-bond donors (Lipinski definition) is 1. The highest BCUT2D eigenvalue weighted by Crippen LogP contribution is 2.22. The van der Waals surface area contributed by atoms with Gasteiger partial charge in [0.1, 0.15) is 0 Å². The highest BCUT2D eigenvalue weighted by atomic mass is 16.4. The molecule has 0 saturated carbocycles. The number of carbonyl (C=O) groups excluding carboxylic acids is 1. The van der Waals surface area contributed by atoms with Crippen LogP contribution in [0.5, 0.6) is 0 Å². The van der Waals surface area contributed by atoms with Crippen LogP contribution in [-0.4, -0.2) is 16.9 Å². The Morgan fingerprint density at radius 2 is 1.71 bits per heavy atom. The molecule has 3 heteroatoms. The maximum atomic E-state index is 12.8. The lowest BCUT2D eigenvalue weighted by atomic mass is 9.90. The number of hydrogen-bond acceptors (Lipinski definition) is 2. The Hall–Kier alpha value is -2.86. The van der Waals surface area contributed by atoms with Crippen LogP contribution in [0.25, 0.3) is 0 Å². The molecule has 2 aromatic carbocycles. The molecule has 2 aromatic rings. The van der Waals surface area contributed by atoms with Crippen molar-refractivity contribution in [2.45, 2.75) is 71.6 Å². The van der Waals surface area contributed by atoms with Gasteiger partial charge in [-0.2, -0.15) is 0 Å². The normalized spacial score (nSPS) is 11.4. The molecule has 0 amide bonds. The van der Waals surface area contributed by atoms with Crippen molar-refractivity contribution in [1.82, 2.24) is 0 Å². The lowest BCUT2D eigenvalue weighted by Gasteiger charge is -2.14. The number of aromatic carboxylic acids is 1. The van der Waals surface area contributed by atoms with Gasteiger partial charge >= 0.3 is 5.97 Å². The number of rotatable bonds is 12. The standard InChI is InChI=1S/C28H33O3/c1-3-5-6-8-13-22(4-2)16-11-19-26(29)25-18-12-17-24(27(25)28(30)31)21-20-23-14-9-7-10-15-23/h7,9-10,12,14-15,18,22H,3-6,8,11,13,16,19H2,1-2H3,(H,30,31). The topological polar surface area (TPSA) is 54.4 Å². The van der Waals surface area contributed by atoms with E-state index in [1.165, 1.54) is 32.1 Å². The Bertz CT molecular complexity index is 903. The number of benzene rings is 2. The van der Waals surface area contributed by atoms with Crippen LogP contribution in [-0.2, 0) is 0 Å². The van der Waals surface area contributed by atoms with Crippen LogP contribution < -0.4 is 0 Å². The molecule has 31 heavy (non-hydrogen) atoms. The number of unbranched alkanes of at least 4 members (excludes halogenated alkanes) is 3. The van der Waals surface area contributed by atoms with E-state index in [0.29, 0.717) is 12.3 Å². The summed E-state index contributed by atoms with van der Waals surface area (Å²) in [5.41, 5.74) is 1.24. The highest BCUT2D eigenvalue weighted by Gasteiger charge is 2.20. The summed E-state index contributed by atoms with van der Waals surface area (Å²) in [7, 11) is 0. The van der Waals surface area contributed by atoms with E-state index in [1.807, 2.05) is 30.3 Å². The molecule has 0 spiro atoms. The second-order valence-corrected chi connectivity index (χ2v) is 8.00. The molecule has 2 rings (SSSR count). The average molecular weight is 418 g/mol. The highest BCUT2D eigenvalue weighted by molar-refractivity contribution is 6.07. The molecular weight excluding hydrogens is 384 g/mol. The third-order valence-electron chi connectivity index (χ3n) is 5.68. The van der Waals surface area contributed by atoms with Gasteiger partial charge in [0.2, 0.25) is 0 Å². The van der Waals surface area contributed by atoms with Crippen LogP contribution in [0.4, 0.5) is 0 Å². The fourth-order valence-electron chi connectivity index (χ4n) is 3.81. The minimum Gasteiger partial charge on any atom is -0.478 e. The fourth-order valence-corrected chi connectivity index (χ4v) is 3.81. The number of Topliss-reactive ketones (excluding diaryl/α,β-unsaturated/α-hetero) is 1. The summed E-state index contributed by atoms with van der Waals surface area (Å²) in [6, 6.07) is 15.4. The summed E-state index contributed by atoms with van der Waals surface area (Å²) in [5.74, 6) is 5.22. The molecule has 0 aliphatic rings. The van der Waals surface area contributed by atoms with Crippen molar-refractivity contribution in [1.29, 1.82) is 0 Å². The molecular formula is C28H33O3. The van der Waals surface area contributed by atoms with Gasteiger partial charge in [0.05, 0.1) is 5.56 Å². The molecule has 1 unspecified atom stereocenters. The van der Waals surface area contributed by atoms with Gasteiger partial charge in [0.25, 0.3) is 0 Å². The van der Waals surface area contributed by atoms with Crippen LogP contribution >= 0.6 is 0 Å². The maximum absolute atomic E-state index is 12.8. The summed E-state index contributed by atoms with van der Waals surface area (Å²) >= 11 is 0. The number of carboxylic acids is 1. The lowest BCUT2D eigenvalue weighted by Crippen LogP contribution is -2.11. The first-order chi connectivity index (χ1) is 15.1. The summed E-state index contributed by atoms with van der Waals surface area (Å²) < 4.78 is 0. The molecule has 0 saturated heterocycles. The van der Waals surface area contributed by atoms with Crippen molar-refractivity contribution in [3.63, 3.8) is 0 Å². The summed E-state index contributed by atoms with van der Waals surface area (Å²) in [6.07, 6.45) is 9.55. The van der Waals surface area contributed by atoms with Crippen molar-refractivity contribution in [3.8, 4) is 11.8 Å². The molecule has 163 valence electrons. The number of carboxylic acid groups (broad SMARTS) is 1. The third kappa shape index (κ3) is 8.06. The van der Waals surface area contributed by atoms with Crippen LogP contribution in [0.2, 0.25) is 0 Å². The van der Waals surface area contributed by atoms with E-state index in [-0.39, 0.29) is 22.5 Å². The molecule has 0 bridgehead atoms. The predicted molar refractivity (Wildman–Crippen MR) is 125 cm³/mol. The third-order valence-corrected chi connectivity index (χ3v) is 5.68. The van der Waals surface area contributed by atoms with E-state index >= 15 is 0 Å². The number of ketones is 1. The maximum Gasteiger partial charge on any atom is 0.337 e. The Labute approximate surface area is 186 Å². The summed E-state index contributed by atoms with van der Waals surface area (Å²) in [6.45, 7) is 4.42. The molecule has 0 aliphatic heterocycles. The molecule has 1 radical (unpaired) electrons. The molecule has 0 aromatic heterocycles. The Morgan fingerprint density at radius 1 is 0.968 bits per heavy atom. The minimum absolute atomic E-state index is 0.0393. The van der Waals surface area contributed by atoms with Gasteiger partial charge in [0.15, 0.2) is 5.78 Å². The van der Waals surface area contributed by atoms with Crippen LogP contribution in [0.1, 0.15) is 103 Å². The van der Waals surface area contributed by atoms with Crippen LogP contribution in [0.3, 0.4) is 0 Å². The quantitative estimate of drug-likeness (QED) is 0.231. The Morgan fingerprint density at radius 3 is 2.39 bits per heavy atom. The fraction of sp³-hybridized carbons (Fsp3) is 0.429. The van der Waals surface area contributed by atoms with Crippen molar-refractivity contribution in [2.75, 3.05) is 0 Å². The van der Waals surface area contributed by atoms with E-state index in [4.69, 9.17) is 0 Å². The minimum atomic E-state index is -1.14. The molecule has 0 fully saturated rings. The predicted octanol–water partition coefficient (Wildman–Crippen LogP) is 6.93. The summed E-state index contributed by atoms with van der Waals surface area (Å²) in [4.78, 5) is 24.8. The Balaban J connectivity index is 2.05. The lowest BCUT2D eigenvalue weighted by molar-refractivity contribution is 0.0691. The second kappa shape index (κ2) is 13.4. The van der Waals surface area contributed by atoms with Crippen molar-refractivity contribution in [3.05, 3.63) is 70.8 Å². The molecule has 3 nitrogen and oxygen atoms in total. The first kappa shape index (κ1) is 24.4. The van der Waals surface area contributed by atoms with E-state index in [0.717, 1.165) is 24.8 Å². The van der Waals surface area contributed by atoms with Gasteiger partial charge in [-0.15, -0.1) is 0 Å². The van der Waals surface area contributed by atoms with E-state index in [2.05, 4.69) is 31.8 Å². The van der Waals surface area contributed by atoms with Crippen LogP contribution in [0.15, 0.2) is 42.5 Å². The molecule has 0 heterocycles. The zero-order valence-electron chi connectivity index (χ0n) is 18.7. The van der Waals surface area contributed by atoms with E-state index < -0.39 is 5.97 Å².